The van der Waals surface area contributed by atoms with Gasteiger partial charge in [0.15, 0.2) is 0 Å². The second-order valence-corrected chi connectivity index (χ2v) is 6.81. The van der Waals surface area contributed by atoms with Gasteiger partial charge >= 0.3 is 0 Å². The summed E-state index contributed by atoms with van der Waals surface area (Å²) in [6, 6.07) is 4.93. The zero-order chi connectivity index (χ0) is 13.7. The summed E-state index contributed by atoms with van der Waals surface area (Å²) in [5.41, 5.74) is 0.691. The van der Waals surface area contributed by atoms with Gasteiger partial charge in [-0.05, 0) is 28.4 Å². The Balaban J connectivity index is 2.14. The molecule has 0 spiro atoms. The maximum Gasteiger partial charge on any atom is 0.145 e. The average Bonchev–Trinajstić information content (AvgIpc) is 2.65. The van der Waals surface area contributed by atoms with Crippen LogP contribution in [0.1, 0.15) is 33.3 Å². The molecule has 100 valence electrons. The van der Waals surface area contributed by atoms with E-state index in [0.29, 0.717) is 12.0 Å². The average molecular weight is 271 g/mol. The molecule has 0 aliphatic heterocycles. The van der Waals surface area contributed by atoms with Gasteiger partial charge < -0.3 is 5.11 Å². The summed E-state index contributed by atoms with van der Waals surface area (Å²) in [4.78, 5) is 0. The summed E-state index contributed by atoms with van der Waals surface area (Å²) < 4.78 is 13.8. The molecule has 2 rings (SSSR count). The minimum absolute atomic E-state index is 0.0987. The van der Waals surface area contributed by atoms with E-state index in [1.165, 1.54) is 6.07 Å². The predicted molar refractivity (Wildman–Crippen MR) is 72.2 cm³/mol. The minimum atomic E-state index is -0.525. The topological polar surface area (TPSA) is 20.2 Å². The van der Waals surface area contributed by atoms with Gasteiger partial charge in [0.2, 0.25) is 0 Å². The van der Waals surface area contributed by atoms with Crippen LogP contribution >= 0.6 is 11.6 Å². The van der Waals surface area contributed by atoms with Crippen molar-refractivity contribution in [2.45, 2.75) is 40.2 Å². The molecule has 1 saturated carbocycles. The molecule has 1 fully saturated rings. The Morgan fingerprint density at radius 3 is 2.33 bits per heavy atom. The molecule has 1 aliphatic rings. The maximum absolute atomic E-state index is 13.8. The highest BCUT2D eigenvalue weighted by Gasteiger charge is 2.66. The first-order valence-electron chi connectivity index (χ1n) is 6.30. The molecule has 1 N–H and O–H groups in total. The Bertz CT molecular complexity index is 454. The monoisotopic (exact) mass is 270 g/mol. The molecule has 1 aliphatic carbocycles. The van der Waals surface area contributed by atoms with E-state index in [-0.39, 0.29) is 21.8 Å². The molecule has 1 aromatic rings. The Kier molecular flexibility index (Phi) is 3.23. The maximum atomic E-state index is 13.8. The van der Waals surface area contributed by atoms with Crippen molar-refractivity contribution >= 4 is 11.6 Å². The molecule has 0 heterocycles. The molecule has 1 unspecified atom stereocenters. The summed E-state index contributed by atoms with van der Waals surface area (Å²) in [7, 11) is 0. The number of halogens is 2. The first kappa shape index (κ1) is 13.8. The van der Waals surface area contributed by atoms with Crippen molar-refractivity contribution in [3.63, 3.8) is 0 Å². The first-order chi connectivity index (χ1) is 8.19. The zero-order valence-corrected chi connectivity index (χ0v) is 12.1. The van der Waals surface area contributed by atoms with Crippen LogP contribution < -0.4 is 0 Å². The fourth-order valence-electron chi connectivity index (χ4n) is 3.26. The molecular formula is C15H20ClFO. The number of hydrogen-bond donors (Lipinski definition) is 1. The van der Waals surface area contributed by atoms with Crippen LogP contribution in [0.2, 0.25) is 5.02 Å². The smallest absolute Gasteiger partial charge is 0.145 e. The van der Waals surface area contributed by atoms with Crippen LogP contribution in [0, 0.1) is 22.6 Å². The Morgan fingerprint density at radius 1 is 1.28 bits per heavy atom. The van der Waals surface area contributed by atoms with Gasteiger partial charge in [-0.1, -0.05) is 51.4 Å². The van der Waals surface area contributed by atoms with Gasteiger partial charge in [0.25, 0.3) is 0 Å². The van der Waals surface area contributed by atoms with Crippen LogP contribution in [0.5, 0.6) is 0 Å². The predicted octanol–water partition coefficient (Wildman–Crippen LogP) is 4.06. The number of hydrogen-bond acceptors (Lipinski definition) is 1. The van der Waals surface area contributed by atoms with Crippen molar-refractivity contribution in [3.05, 3.63) is 34.6 Å². The van der Waals surface area contributed by atoms with Gasteiger partial charge in [0, 0.05) is 6.42 Å². The van der Waals surface area contributed by atoms with Gasteiger partial charge in [-0.3, -0.25) is 0 Å². The highest BCUT2D eigenvalue weighted by atomic mass is 35.5. The number of rotatable bonds is 3. The SMILES string of the molecule is CC1(C)C(C(O)Cc2cccc(Cl)c2F)C1(C)C. The van der Waals surface area contributed by atoms with E-state index in [0.717, 1.165) is 0 Å². The van der Waals surface area contributed by atoms with E-state index < -0.39 is 11.9 Å². The molecule has 0 bridgehead atoms. The van der Waals surface area contributed by atoms with Crippen LogP contribution in [0.3, 0.4) is 0 Å². The summed E-state index contributed by atoms with van der Waals surface area (Å²) in [5.74, 6) is -0.210. The third kappa shape index (κ3) is 1.96. The van der Waals surface area contributed by atoms with E-state index in [1.807, 2.05) is 0 Å². The molecule has 0 amide bonds. The van der Waals surface area contributed by atoms with Crippen LogP contribution in [-0.2, 0) is 6.42 Å². The lowest BCUT2D eigenvalue weighted by Crippen LogP contribution is -2.18. The number of aliphatic hydroxyl groups is 1. The van der Waals surface area contributed by atoms with E-state index >= 15 is 0 Å². The lowest BCUT2D eigenvalue weighted by Gasteiger charge is -2.13. The largest absolute Gasteiger partial charge is 0.392 e. The van der Waals surface area contributed by atoms with Crippen molar-refractivity contribution in [1.29, 1.82) is 0 Å². The second kappa shape index (κ2) is 4.21. The zero-order valence-electron chi connectivity index (χ0n) is 11.3. The first-order valence-corrected chi connectivity index (χ1v) is 6.68. The second-order valence-electron chi connectivity index (χ2n) is 6.41. The van der Waals surface area contributed by atoms with Gasteiger partial charge in [0.05, 0.1) is 11.1 Å². The summed E-state index contributed by atoms with van der Waals surface area (Å²) in [6.45, 7) is 8.59. The van der Waals surface area contributed by atoms with Crippen LogP contribution in [0.25, 0.3) is 0 Å². The Morgan fingerprint density at radius 2 is 1.83 bits per heavy atom. The standard InChI is InChI=1S/C15H20ClFO/c1-14(2)13(15(14,3)4)11(18)8-9-6-5-7-10(16)12(9)17/h5-7,11,13,18H,8H2,1-4H3. The fourth-order valence-corrected chi connectivity index (χ4v) is 3.45. The normalized spacial score (nSPS) is 22.8. The lowest BCUT2D eigenvalue weighted by atomic mass is 9.99. The Labute approximate surface area is 113 Å². The fraction of sp³-hybridized carbons (Fsp3) is 0.600. The van der Waals surface area contributed by atoms with E-state index in [4.69, 9.17) is 11.6 Å². The lowest BCUT2D eigenvalue weighted by molar-refractivity contribution is 0.128. The molecule has 1 aromatic carbocycles. The van der Waals surface area contributed by atoms with Crippen molar-refractivity contribution in [1.82, 2.24) is 0 Å². The van der Waals surface area contributed by atoms with Crippen molar-refractivity contribution in [2.75, 3.05) is 0 Å². The summed E-state index contributed by atoms with van der Waals surface area (Å²) in [6.07, 6.45) is -0.202. The molecule has 0 radical (unpaired) electrons. The quantitative estimate of drug-likeness (QED) is 0.878. The van der Waals surface area contributed by atoms with Gasteiger partial charge in [-0.2, -0.15) is 0 Å². The highest BCUT2D eigenvalue weighted by molar-refractivity contribution is 6.30. The van der Waals surface area contributed by atoms with Gasteiger partial charge in [-0.15, -0.1) is 0 Å². The van der Waals surface area contributed by atoms with Gasteiger partial charge in [0.1, 0.15) is 5.82 Å². The summed E-state index contributed by atoms with van der Waals surface area (Å²) >= 11 is 5.75. The highest BCUT2D eigenvalue weighted by Crippen LogP contribution is 2.69. The number of aliphatic hydroxyl groups excluding tert-OH is 1. The third-order valence-corrected chi connectivity index (χ3v) is 5.27. The van der Waals surface area contributed by atoms with Crippen molar-refractivity contribution in [3.8, 4) is 0 Å². The molecule has 1 nitrogen and oxygen atoms in total. The molecule has 0 saturated heterocycles. The van der Waals surface area contributed by atoms with Crippen molar-refractivity contribution in [2.24, 2.45) is 16.7 Å². The number of benzene rings is 1. The molecule has 1 atom stereocenters. The van der Waals surface area contributed by atoms with E-state index in [1.54, 1.807) is 12.1 Å². The molecule has 18 heavy (non-hydrogen) atoms. The molecular weight excluding hydrogens is 251 g/mol. The van der Waals surface area contributed by atoms with E-state index in [9.17, 15) is 9.50 Å². The van der Waals surface area contributed by atoms with Crippen molar-refractivity contribution < 1.29 is 9.50 Å². The van der Waals surface area contributed by atoms with Gasteiger partial charge in [-0.25, -0.2) is 4.39 Å². The van der Waals surface area contributed by atoms with Crippen LogP contribution in [-0.4, -0.2) is 11.2 Å². The molecule has 0 aromatic heterocycles. The van der Waals surface area contributed by atoms with E-state index in [2.05, 4.69) is 27.7 Å². The van der Waals surface area contributed by atoms with Crippen LogP contribution in [0.15, 0.2) is 18.2 Å². The summed E-state index contributed by atoms with van der Waals surface area (Å²) in [5, 5.41) is 10.4. The third-order valence-electron chi connectivity index (χ3n) is 4.98. The molecule has 3 heteroatoms. The Hall–Kier alpha value is -0.600. The van der Waals surface area contributed by atoms with Crippen LogP contribution in [0.4, 0.5) is 4.39 Å². The minimum Gasteiger partial charge on any atom is -0.392 e.